The Labute approximate surface area is 111 Å². The Bertz CT molecular complexity index is 363. The van der Waals surface area contributed by atoms with Crippen molar-refractivity contribution in [2.75, 3.05) is 31.2 Å². The molecule has 3 N–H and O–H groups in total. The molecule has 0 unspecified atom stereocenters. The smallest absolute Gasteiger partial charge is 0.127 e. The van der Waals surface area contributed by atoms with Crippen LogP contribution in [-0.4, -0.2) is 36.1 Å². The summed E-state index contributed by atoms with van der Waals surface area (Å²) in [6.45, 7) is 8.49. The molecule has 1 aromatic heterocycles. The van der Waals surface area contributed by atoms with Crippen LogP contribution in [0.2, 0.25) is 0 Å². The number of pyridine rings is 1. The van der Waals surface area contributed by atoms with E-state index in [1.54, 1.807) is 0 Å². The van der Waals surface area contributed by atoms with Gasteiger partial charge in [0.1, 0.15) is 5.82 Å². The topological polar surface area (TPSA) is 54.2 Å². The number of hydrogen-bond donors (Lipinski definition) is 2. The van der Waals surface area contributed by atoms with Crippen molar-refractivity contribution in [2.45, 2.75) is 39.7 Å². The van der Waals surface area contributed by atoms with E-state index in [2.05, 4.69) is 36.1 Å². The van der Waals surface area contributed by atoms with Gasteiger partial charge in [0.15, 0.2) is 0 Å². The summed E-state index contributed by atoms with van der Waals surface area (Å²) in [6.07, 6.45) is 4.15. The van der Waals surface area contributed by atoms with Gasteiger partial charge in [-0.2, -0.15) is 0 Å². The van der Waals surface area contributed by atoms with Crippen molar-refractivity contribution in [1.29, 1.82) is 0 Å². The molecule has 0 amide bonds. The second-order valence-electron chi connectivity index (χ2n) is 5.13. The Balaban J connectivity index is 2.20. The van der Waals surface area contributed by atoms with Crippen molar-refractivity contribution >= 4 is 11.5 Å². The number of hydrogen-bond acceptors (Lipinski definition) is 4. The fourth-order valence-electron chi connectivity index (χ4n) is 1.60. The minimum absolute atomic E-state index is 0.622. The molecule has 0 saturated carbocycles. The van der Waals surface area contributed by atoms with Crippen molar-refractivity contribution in [1.82, 2.24) is 9.88 Å². The number of unbranched alkanes of at least 4 members (excludes halogenated alkanes) is 1. The molecule has 0 aliphatic rings. The third kappa shape index (κ3) is 4.92. The minimum atomic E-state index is 0.622. The molecule has 1 heterocycles. The van der Waals surface area contributed by atoms with Crippen LogP contribution >= 0.6 is 0 Å². The van der Waals surface area contributed by atoms with Crippen LogP contribution in [0.4, 0.5) is 11.5 Å². The molecular formula is C14H26N4. The summed E-state index contributed by atoms with van der Waals surface area (Å²) < 4.78 is 0. The monoisotopic (exact) mass is 250 g/mol. The molecule has 4 nitrogen and oxygen atoms in total. The lowest BCUT2D eigenvalue weighted by Gasteiger charge is -2.20. The van der Waals surface area contributed by atoms with Gasteiger partial charge in [-0.1, -0.05) is 0 Å². The molecule has 0 bridgehead atoms. The molecule has 0 fully saturated rings. The maximum Gasteiger partial charge on any atom is 0.127 e. The summed E-state index contributed by atoms with van der Waals surface area (Å²) in [7, 11) is 2.17. The van der Waals surface area contributed by atoms with E-state index < -0.39 is 0 Å². The van der Waals surface area contributed by atoms with E-state index in [0.29, 0.717) is 6.04 Å². The van der Waals surface area contributed by atoms with Crippen LogP contribution < -0.4 is 11.1 Å². The van der Waals surface area contributed by atoms with Crippen LogP contribution in [0.1, 0.15) is 32.3 Å². The summed E-state index contributed by atoms with van der Waals surface area (Å²) in [5, 5.41) is 3.31. The van der Waals surface area contributed by atoms with E-state index in [1.807, 2.05) is 19.2 Å². The molecule has 0 saturated heterocycles. The number of nitrogens with zero attached hydrogens (tertiary/aromatic N) is 2. The molecule has 0 radical (unpaired) electrons. The first-order valence-corrected chi connectivity index (χ1v) is 6.67. The average Bonchev–Trinajstić information content (AvgIpc) is 2.32. The number of nitrogen functional groups attached to an aromatic ring is 1. The highest BCUT2D eigenvalue weighted by Gasteiger charge is 2.02. The van der Waals surface area contributed by atoms with Gasteiger partial charge in [0.25, 0.3) is 0 Å². The molecule has 18 heavy (non-hydrogen) atoms. The Morgan fingerprint density at radius 2 is 2.11 bits per heavy atom. The maximum atomic E-state index is 5.84. The molecule has 1 aromatic rings. The van der Waals surface area contributed by atoms with Gasteiger partial charge in [-0.05, 0) is 52.8 Å². The van der Waals surface area contributed by atoms with Crippen LogP contribution in [0, 0.1) is 6.92 Å². The predicted molar refractivity (Wildman–Crippen MR) is 78.9 cm³/mol. The molecule has 4 heteroatoms. The number of rotatable bonds is 7. The zero-order chi connectivity index (χ0) is 13.5. The van der Waals surface area contributed by atoms with Crippen molar-refractivity contribution in [3.8, 4) is 0 Å². The Kier molecular flexibility index (Phi) is 5.92. The standard InChI is InChI=1S/C14H26N4/c1-11(2)18(4)8-6-5-7-16-14-9-13(15)12(3)10-17-14/h9-11H,5-8H2,1-4H3,(H3,15,16,17). The molecule has 1 rings (SSSR count). The minimum Gasteiger partial charge on any atom is -0.398 e. The summed E-state index contributed by atoms with van der Waals surface area (Å²) in [6, 6.07) is 2.52. The van der Waals surface area contributed by atoms with Gasteiger partial charge in [-0.3, -0.25) is 0 Å². The highest BCUT2D eigenvalue weighted by Crippen LogP contribution is 2.13. The largest absolute Gasteiger partial charge is 0.398 e. The second-order valence-corrected chi connectivity index (χ2v) is 5.13. The number of aryl methyl sites for hydroxylation is 1. The molecule has 0 atom stereocenters. The first-order chi connectivity index (χ1) is 8.50. The first kappa shape index (κ1) is 14.8. The fraction of sp³-hybridized carbons (Fsp3) is 0.643. The molecule has 0 aliphatic carbocycles. The average molecular weight is 250 g/mol. The quantitative estimate of drug-likeness (QED) is 0.730. The van der Waals surface area contributed by atoms with Crippen LogP contribution in [0.5, 0.6) is 0 Å². The highest BCUT2D eigenvalue weighted by molar-refractivity contribution is 5.53. The Morgan fingerprint density at radius 3 is 2.72 bits per heavy atom. The number of anilines is 2. The van der Waals surface area contributed by atoms with E-state index in [9.17, 15) is 0 Å². The summed E-state index contributed by atoms with van der Waals surface area (Å²) in [5.41, 5.74) is 7.66. The van der Waals surface area contributed by atoms with E-state index in [0.717, 1.165) is 36.6 Å². The third-order valence-electron chi connectivity index (χ3n) is 3.27. The van der Waals surface area contributed by atoms with Crippen molar-refractivity contribution in [3.05, 3.63) is 17.8 Å². The van der Waals surface area contributed by atoms with Gasteiger partial charge < -0.3 is 16.0 Å². The van der Waals surface area contributed by atoms with Crippen molar-refractivity contribution < 1.29 is 0 Å². The van der Waals surface area contributed by atoms with Gasteiger partial charge in [-0.15, -0.1) is 0 Å². The van der Waals surface area contributed by atoms with Gasteiger partial charge in [-0.25, -0.2) is 4.98 Å². The lowest BCUT2D eigenvalue weighted by molar-refractivity contribution is 0.269. The molecule has 0 spiro atoms. The Hall–Kier alpha value is -1.29. The highest BCUT2D eigenvalue weighted by atomic mass is 15.1. The summed E-state index contributed by atoms with van der Waals surface area (Å²) >= 11 is 0. The van der Waals surface area contributed by atoms with E-state index in [4.69, 9.17) is 5.73 Å². The first-order valence-electron chi connectivity index (χ1n) is 6.67. The number of aromatic nitrogens is 1. The Morgan fingerprint density at radius 1 is 1.39 bits per heavy atom. The van der Waals surface area contributed by atoms with E-state index in [-0.39, 0.29) is 0 Å². The normalized spacial score (nSPS) is 11.2. The van der Waals surface area contributed by atoms with E-state index >= 15 is 0 Å². The summed E-state index contributed by atoms with van der Waals surface area (Å²) in [4.78, 5) is 6.66. The molecule has 0 aliphatic heterocycles. The van der Waals surface area contributed by atoms with Crippen molar-refractivity contribution in [2.24, 2.45) is 0 Å². The van der Waals surface area contributed by atoms with Crippen LogP contribution in [0.25, 0.3) is 0 Å². The van der Waals surface area contributed by atoms with Crippen LogP contribution in [0.15, 0.2) is 12.3 Å². The zero-order valence-corrected chi connectivity index (χ0v) is 12.0. The molecule has 102 valence electrons. The van der Waals surface area contributed by atoms with Crippen LogP contribution in [0.3, 0.4) is 0 Å². The summed E-state index contributed by atoms with van der Waals surface area (Å²) in [5.74, 6) is 0.871. The van der Waals surface area contributed by atoms with Gasteiger partial charge in [0.05, 0.1) is 0 Å². The van der Waals surface area contributed by atoms with E-state index in [1.165, 1.54) is 6.42 Å². The fourth-order valence-corrected chi connectivity index (χ4v) is 1.60. The van der Waals surface area contributed by atoms with Crippen LogP contribution in [-0.2, 0) is 0 Å². The van der Waals surface area contributed by atoms with Gasteiger partial charge in [0.2, 0.25) is 0 Å². The number of nitrogens with one attached hydrogen (secondary N) is 1. The predicted octanol–water partition coefficient (Wildman–Crippen LogP) is 2.50. The lowest BCUT2D eigenvalue weighted by Crippen LogP contribution is -2.27. The molecular weight excluding hydrogens is 224 g/mol. The number of nitrogens with two attached hydrogens (primary N) is 1. The SMILES string of the molecule is Cc1cnc(NCCCCN(C)C(C)C)cc1N. The zero-order valence-electron chi connectivity index (χ0n) is 12.0. The van der Waals surface area contributed by atoms with Crippen molar-refractivity contribution in [3.63, 3.8) is 0 Å². The maximum absolute atomic E-state index is 5.84. The molecule has 0 aromatic carbocycles. The third-order valence-corrected chi connectivity index (χ3v) is 3.27. The lowest BCUT2D eigenvalue weighted by atomic mass is 10.2. The van der Waals surface area contributed by atoms with Gasteiger partial charge in [0, 0.05) is 30.5 Å². The second kappa shape index (κ2) is 7.21. The van der Waals surface area contributed by atoms with Gasteiger partial charge >= 0.3 is 0 Å².